The van der Waals surface area contributed by atoms with Crippen LogP contribution in [0, 0.1) is 0 Å². The Labute approximate surface area is 605 Å². The zero-order valence-electron chi connectivity index (χ0n) is 56.9. The summed E-state index contributed by atoms with van der Waals surface area (Å²) in [7, 11) is 0. The van der Waals surface area contributed by atoms with Gasteiger partial charge in [-0.05, 0) is 214 Å². The van der Waals surface area contributed by atoms with Crippen LogP contribution in [0.2, 0.25) is 0 Å². The molecule has 492 valence electrons. The maximum atomic E-state index is 6.39. The molecule has 0 radical (unpaired) electrons. The fraction of sp³-hybridized carbons (Fsp3) is 0. The van der Waals surface area contributed by atoms with E-state index in [9.17, 15) is 0 Å². The second-order valence-electron chi connectivity index (χ2n) is 28.0. The highest BCUT2D eigenvalue weighted by atomic mass is 16.3. The summed E-state index contributed by atoms with van der Waals surface area (Å²) in [4.78, 5) is 11.2. The molecule has 0 amide bonds. The van der Waals surface area contributed by atoms with Crippen molar-refractivity contribution in [2.24, 2.45) is 0 Å². The Hall–Kier alpha value is -14.3. The highest BCUT2D eigenvalue weighted by Crippen LogP contribution is 2.44. The average molecular weight is 1350 g/mol. The molecular formula is C98H57N5O3. The van der Waals surface area contributed by atoms with E-state index < -0.39 is 0 Å². The van der Waals surface area contributed by atoms with Gasteiger partial charge in [0.2, 0.25) is 0 Å². The summed E-state index contributed by atoms with van der Waals surface area (Å²) >= 11 is 0. The van der Waals surface area contributed by atoms with E-state index in [1.807, 2.05) is 36.4 Å². The van der Waals surface area contributed by atoms with Gasteiger partial charge in [0.15, 0.2) is 5.82 Å². The summed E-state index contributed by atoms with van der Waals surface area (Å²) in [5.74, 6) is 0.636. The van der Waals surface area contributed by atoms with Crippen molar-refractivity contribution in [2.75, 3.05) is 0 Å². The lowest BCUT2D eigenvalue weighted by atomic mass is 9.99. The number of benzene rings is 16. The van der Waals surface area contributed by atoms with Crippen LogP contribution in [0.4, 0.5) is 0 Å². The summed E-state index contributed by atoms with van der Waals surface area (Å²) in [6.07, 6.45) is 0. The Bertz CT molecular complexity index is 7660. The van der Waals surface area contributed by atoms with Gasteiger partial charge in [-0.15, -0.1) is 0 Å². The van der Waals surface area contributed by atoms with Gasteiger partial charge in [-0.2, -0.15) is 0 Å². The van der Waals surface area contributed by atoms with E-state index in [0.717, 1.165) is 188 Å². The van der Waals surface area contributed by atoms with Crippen molar-refractivity contribution in [3.05, 3.63) is 346 Å². The number of aromatic nitrogens is 5. The van der Waals surface area contributed by atoms with Crippen molar-refractivity contribution in [2.45, 2.75) is 0 Å². The highest BCUT2D eigenvalue weighted by molar-refractivity contribution is 6.15. The Kier molecular flexibility index (Phi) is 12.4. The minimum Gasteiger partial charge on any atom is -0.456 e. The van der Waals surface area contributed by atoms with Crippen LogP contribution >= 0.6 is 0 Å². The second kappa shape index (κ2) is 22.6. The number of furan rings is 3. The van der Waals surface area contributed by atoms with Gasteiger partial charge >= 0.3 is 0 Å². The van der Waals surface area contributed by atoms with Crippen LogP contribution in [0.1, 0.15) is 0 Å². The minimum atomic E-state index is 0.636. The molecule has 0 unspecified atom stereocenters. The van der Waals surface area contributed by atoms with Crippen LogP contribution < -0.4 is 0 Å². The van der Waals surface area contributed by atoms with Gasteiger partial charge in [0.1, 0.15) is 33.5 Å². The summed E-state index contributed by atoms with van der Waals surface area (Å²) < 4.78 is 26.3. The van der Waals surface area contributed by atoms with E-state index in [1.165, 1.54) is 32.3 Å². The number of fused-ring (bicyclic) bond motifs is 19. The predicted molar refractivity (Wildman–Crippen MR) is 437 cm³/mol. The first-order valence-electron chi connectivity index (χ1n) is 36.0. The Morgan fingerprint density at radius 2 is 0.500 bits per heavy atom. The molecule has 8 nitrogen and oxygen atoms in total. The third-order valence-electron chi connectivity index (χ3n) is 22.0. The lowest BCUT2D eigenvalue weighted by molar-refractivity contribution is 0.668. The predicted octanol–water partition coefficient (Wildman–Crippen LogP) is 26.6. The Morgan fingerprint density at radius 1 is 0.179 bits per heavy atom. The largest absolute Gasteiger partial charge is 0.456 e. The first-order valence-corrected chi connectivity index (χ1v) is 36.0. The van der Waals surface area contributed by atoms with Gasteiger partial charge < -0.3 is 27.0 Å². The third kappa shape index (κ3) is 8.95. The molecule has 8 heteroatoms. The Balaban J connectivity index is 0.647. The van der Waals surface area contributed by atoms with Crippen molar-refractivity contribution < 1.29 is 13.3 Å². The lowest BCUT2D eigenvalue weighted by Gasteiger charge is -2.15. The molecule has 0 bridgehead atoms. The van der Waals surface area contributed by atoms with Gasteiger partial charge in [0, 0.05) is 98.2 Å². The average Bonchev–Trinajstić information content (AvgIpc) is 1.55. The molecule has 23 rings (SSSR count). The molecule has 0 spiro atoms. The molecule has 0 atom stereocenters. The molecule has 0 aliphatic rings. The fourth-order valence-corrected chi connectivity index (χ4v) is 17.0. The van der Waals surface area contributed by atoms with Gasteiger partial charge in [-0.3, -0.25) is 0 Å². The minimum absolute atomic E-state index is 0.636. The molecule has 0 saturated carbocycles. The lowest BCUT2D eigenvalue weighted by Crippen LogP contribution is -1.99. The van der Waals surface area contributed by atoms with Crippen LogP contribution in [-0.2, 0) is 0 Å². The topological polar surface area (TPSA) is 80.0 Å². The van der Waals surface area contributed by atoms with Crippen LogP contribution in [0.3, 0.4) is 0 Å². The van der Waals surface area contributed by atoms with Gasteiger partial charge in [0.05, 0.1) is 44.3 Å². The van der Waals surface area contributed by atoms with Crippen molar-refractivity contribution in [3.63, 3.8) is 0 Å². The first kappa shape index (κ1) is 58.3. The summed E-state index contributed by atoms with van der Waals surface area (Å²) in [5.41, 5.74) is 27.6. The fourth-order valence-electron chi connectivity index (χ4n) is 17.0. The first-order chi connectivity index (χ1) is 52.5. The standard InChI is InChI=1S/C98H57N5O3/c1-7-25-85-71(19-1)80-51-61(64-33-42-77-74-22-4-10-28-91(74)104-94(77)55-64)37-46-88(80)101(85)68-40-31-58(32-41-68)98-99-84-45-36-60(59-15-13-17-69(49-59)102-86-26-8-2-20-72(86)81-52-62(38-47-89(81)102)65-34-43-78-75-23-5-11-29-92(75)105-95(78)56-65)54-83(84)97(100-98)67-16-14-18-70(50-67)103-87-27-9-3-21-73(87)82-53-63(39-48-90(82)103)66-35-44-79-76-24-6-12-30-93(76)106-96(79)57-66/h1-57H. The van der Waals surface area contributed by atoms with E-state index in [0.29, 0.717) is 5.82 Å². The number of para-hydroxylation sites is 6. The number of hydrogen-bond acceptors (Lipinski definition) is 5. The van der Waals surface area contributed by atoms with Gasteiger partial charge in [-0.25, -0.2) is 9.97 Å². The van der Waals surface area contributed by atoms with Crippen LogP contribution in [-0.4, -0.2) is 23.7 Å². The maximum absolute atomic E-state index is 6.39. The van der Waals surface area contributed by atoms with E-state index in [-0.39, 0.29) is 0 Å². The molecule has 23 aromatic rings. The molecular weight excluding hydrogens is 1300 g/mol. The smallest absolute Gasteiger partial charge is 0.160 e. The molecule has 106 heavy (non-hydrogen) atoms. The zero-order chi connectivity index (χ0) is 69.2. The third-order valence-corrected chi connectivity index (χ3v) is 22.0. The van der Waals surface area contributed by atoms with Crippen LogP contribution in [0.5, 0.6) is 0 Å². The zero-order valence-corrected chi connectivity index (χ0v) is 56.9. The maximum Gasteiger partial charge on any atom is 0.160 e. The molecule has 0 fully saturated rings. The normalized spacial score (nSPS) is 12.2. The second-order valence-corrected chi connectivity index (χ2v) is 28.0. The monoisotopic (exact) mass is 1350 g/mol. The van der Waals surface area contributed by atoms with E-state index >= 15 is 0 Å². The highest BCUT2D eigenvalue weighted by Gasteiger charge is 2.22. The molecule has 0 aliphatic heterocycles. The quantitative estimate of drug-likeness (QED) is 0.144. The molecule has 16 aromatic carbocycles. The van der Waals surface area contributed by atoms with E-state index in [1.54, 1.807) is 0 Å². The van der Waals surface area contributed by atoms with Gasteiger partial charge in [0.25, 0.3) is 0 Å². The molecule has 7 aromatic heterocycles. The summed E-state index contributed by atoms with van der Waals surface area (Å²) in [5, 5.41) is 14.7. The van der Waals surface area contributed by atoms with Crippen molar-refractivity contribution in [1.29, 1.82) is 0 Å². The summed E-state index contributed by atoms with van der Waals surface area (Å²) in [6, 6.07) is 124. The van der Waals surface area contributed by atoms with Gasteiger partial charge in [-0.1, -0.05) is 176 Å². The molecule has 7 heterocycles. The summed E-state index contributed by atoms with van der Waals surface area (Å²) in [6.45, 7) is 0. The van der Waals surface area contributed by atoms with Crippen molar-refractivity contribution in [1.82, 2.24) is 23.7 Å². The van der Waals surface area contributed by atoms with Crippen LogP contribution in [0.25, 0.3) is 226 Å². The number of hydrogen-bond donors (Lipinski definition) is 0. The Morgan fingerprint density at radius 3 is 0.953 bits per heavy atom. The molecule has 0 saturated heterocycles. The molecule has 0 aliphatic carbocycles. The van der Waals surface area contributed by atoms with Crippen LogP contribution in [0.15, 0.2) is 359 Å². The number of nitrogens with zero attached hydrogens (tertiary/aromatic N) is 5. The number of rotatable bonds is 9. The van der Waals surface area contributed by atoms with E-state index in [4.69, 9.17) is 23.2 Å². The van der Waals surface area contributed by atoms with E-state index in [2.05, 4.69) is 323 Å². The SMILES string of the molecule is c1cc(-c2ccc3nc(-c4ccc(-n5c6ccccc6c6cc(-c7ccc8c(c7)oc7ccccc78)ccc65)cc4)nc(-c4cccc(-n5c6ccccc6c6cc(-c7ccc8c(c7)oc7ccccc78)ccc65)c4)c3c2)cc(-n2c3ccccc3c3cc(-c4ccc5c(c4)oc4ccccc45)ccc32)c1. The molecule has 0 N–H and O–H groups in total. The van der Waals surface area contributed by atoms with Crippen molar-refractivity contribution in [3.8, 4) is 84.2 Å². The van der Waals surface area contributed by atoms with Crippen molar-refractivity contribution >= 4 is 142 Å².